The molecule has 132 valence electrons. The predicted molar refractivity (Wildman–Crippen MR) is 97.5 cm³/mol. The molecule has 0 radical (unpaired) electrons. The molecule has 0 aliphatic heterocycles. The summed E-state index contributed by atoms with van der Waals surface area (Å²) in [5.74, 6) is 0.597. The second-order valence-electron chi connectivity index (χ2n) is 5.93. The van der Waals surface area contributed by atoms with E-state index in [1.165, 1.54) is 23.8 Å². The predicted octanol–water partition coefficient (Wildman–Crippen LogP) is 4.70. The summed E-state index contributed by atoms with van der Waals surface area (Å²) in [7, 11) is 0. The number of hydrogen-bond acceptors (Lipinski definition) is 4. The van der Waals surface area contributed by atoms with Crippen molar-refractivity contribution >= 4 is 28.9 Å². The molecule has 0 unspecified atom stereocenters. The highest BCUT2D eigenvalue weighted by molar-refractivity contribution is 6.32. The number of nitro benzene ring substituents is 1. The second kappa shape index (κ2) is 7.98. The van der Waals surface area contributed by atoms with Crippen LogP contribution in [0.5, 0.6) is 5.75 Å². The Morgan fingerprint density at radius 1 is 1.28 bits per heavy atom. The topological polar surface area (TPSA) is 81.5 Å². The summed E-state index contributed by atoms with van der Waals surface area (Å²) >= 11 is 5.74. The first-order valence-electron chi connectivity index (χ1n) is 7.75. The third kappa shape index (κ3) is 4.93. The van der Waals surface area contributed by atoms with Crippen LogP contribution >= 0.6 is 11.6 Å². The van der Waals surface area contributed by atoms with Crippen molar-refractivity contribution in [2.24, 2.45) is 0 Å². The molecule has 7 heteroatoms. The van der Waals surface area contributed by atoms with Gasteiger partial charge in [-0.1, -0.05) is 31.5 Å². The van der Waals surface area contributed by atoms with Crippen LogP contribution in [0.25, 0.3) is 0 Å². The quantitative estimate of drug-likeness (QED) is 0.596. The lowest BCUT2D eigenvalue weighted by atomic mass is 9.98. The van der Waals surface area contributed by atoms with Gasteiger partial charge in [0.25, 0.3) is 11.6 Å². The van der Waals surface area contributed by atoms with Crippen LogP contribution in [0.3, 0.4) is 0 Å². The van der Waals surface area contributed by atoms with Crippen molar-refractivity contribution in [2.45, 2.75) is 26.7 Å². The Bertz CT molecular complexity index is 806. The number of nitro groups is 1. The number of benzene rings is 2. The maximum atomic E-state index is 12.0. The molecule has 0 saturated carbocycles. The molecule has 2 rings (SSSR count). The highest BCUT2D eigenvalue weighted by Crippen LogP contribution is 2.27. The fourth-order valence-electron chi connectivity index (χ4n) is 2.46. The van der Waals surface area contributed by atoms with Gasteiger partial charge in [0.05, 0.1) is 4.92 Å². The van der Waals surface area contributed by atoms with Crippen LogP contribution in [0, 0.1) is 17.0 Å². The van der Waals surface area contributed by atoms with Crippen molar-refractivity contribution in [3.05, 3.63) is 62.7 Å². The molecule has 0 saturated heterocycles. The number of anilines is 1. The first-order chi connectivity index (χ1) is 11.8. The van der Waals surface area contributed by atoms with Crippen LogP contribution in [0.1, 0.15) is 30.9 Å². The number of hydrogen-bond donors (Lipinski definition) is 1. The largest absolute Gasteiger partial charge is 0.484 e. The van der Waals surface area contributed by atoms with Gasteiger partial charge in [-0.05, 0) is 48.2 Å². The fourth-order valence-corrected chi connectivity index (χ4v) is 2.65. The zero-order valence-corrected chi connectivity index (χ0v) is 15.0. The zero-order valence-electron chi connectivity index (χ0n) is 14.2. The molecule has 0 spiro atoms. The Labute approximate surface area is 150 Å². The minimum absolute atomic E-state index is 0.0139. The van der Waals surface area contributed by atoms with Gasteiger partial charge in [-0.15, -0.1) is 0 Å². The van der Waals surface area contributed by atoms with Crippen molar-refractivity contribution < 1.29 is 14.5 Å². The number of nitrogens with one attached hydrogen (secondary N) is 1. The number of carbonyl (C=O) groups excluding carboxylic acids is 1. The van der Waals surface area contributed by atoms with Crippen molar-refractivity contribution in [2.75, 3.05) is 11.9 Å². The molecule has 6 nitrogen and oxygen atoms in total. The van der Waals surface area contributed by atoms with E-state index in [1.807, 2.05) is 25.1 Å². The van der Waals surface area contributed by atoms with Gasteiger partial charge in [0.2, 0.25) is 0 Å². The molecular weight excluding hydrogens is 344 g/mol. The van der Waals surface area contributed by atoms with Gasteiger partial charge in [-0.2, -0.15) is 0 Å². The van der Waals surface area contributed by atoms with Gasteiger partial charge in [-0.3, -0.25) is 14.9 Å². The van der Waals surface area contributed by atoms with E-state index in [0.717, 1.165) is 5.56 Å². The summed E-state index contributed by atoms with van der Waals surface area (Å²) in [5.41, 5.74) is 2.35. The van der Waals surface area contributed by atoms with E-state index in [9.17, 15) is 14.9 Å². The number of aryl methyl sites for hydroxylation is 1. The van der Waals surface area contributed by atoms with E-state index in [2.05, 4.69) is 19.2 Å². The Kier molecular flexibility index (Phi) is 5.98. The lowest BCUT2D eigenvalue weighted by Gasteiger charge is -2.12. The minimum Gasteiger partial charge on any atom is -0.484 e. The van der Waals surface area contributed by atoms with E-state index in [-0.39, 0.29) is 23.0 Å². The number of ether oxygens (including phenoxy) is 1. The number of nitrogens with zero attached hydrogens (tertiary/aromatic N) is 1. The summed E-state index contributed by atoms with van der Waals surface area (Å²) in [4.78, 5) is 22.2. The van der Waals surface area contributed by atoms with Crippen molar-refractivity contribution in [1.82, 2.24) is 0 Å². The average molecular weight is 363 g/mol. The molecule has 0 aliphatic carbocycles. The van der Waals surface area contributed by atoms with Gasteiger partial charge in [0.15, 0.2) is 6.61 Å². The molecular formula is C18H19ClN2O4. The maximum Gasteiger partial charge on any atom is 0.289 e. The summed E-state index contributed by atoms with van der Waals surface area (Å²) in [6.07, 6.45) is 0. The van der Waals surface area contributed by atoms with Crippen LogP contribution < -0.4 is 10.1 Å². The van der Waals surface area contributed by atoms with Gasteiger partial charge in [0, 0.05) is 11.8 Å². The Balaban J connectivity index is 1.98. The molecule has 0 aromatic heterocycles. The lowest BCUT2D eigenvalue weighted by molar-refractivity contribution is -0.384. The molecule has 0 bridgehead atoms. The summed E-state index contributed by atoms with van der Waals surface area (Å²) in [5, 5.41) is 13.4. The monoisotopic (exact) mass is 362 g/mol. The number of halogens is 1. The molecule has 2 aromatic carbocycles. The number of carbonyl (C=O) groups is 1. The third-order valence-corrected chi connectivity index (χ3v) is 3.98. The highest BCUT2D eigenvalue weighted by Gasteiger charge is 2.14. The molecule has 2 aromatic rings. The molecule has 0 fully saturated rings. The summed E-state index contributed by atoms with van der Waals surface area (Å²) in [6, 6.07) is 9.76. The number of rotatable bonds is 6. The van der Waals surface area contributed by atoms with Gasteiger partial charge >= 0.3 is 0 Å². The van der Waals surface area contributed by atoms with E-state index >= 15 is 0 Å². The lowest BCUT2D eigenvalue weighted by Crippen LogP contribution is -2.20. The van der Waals surface area contributed by atoms with E-state index < -0.39 is 10.8 Å². The first kappa shape index (κ1) is 18.7. The van der Waals surface area contributed by atoms with Gasteiger partial charge in [0.1, 0.15) is 10.8 Å². The van der Waals surface area contributed by atoms with Crippen LogP contribution in [0.4, 0.5) is 11.4 Å². The Morgan fingerprint density at radius 3 is 2.60 bits per heavy atom. The Morgan fingerprint density at radius 2 is 2.00 bits per heavy atom. The molecule has 25 heavy (non-hydrogen) atoms. The second-order valence-corrected chi connectivity index (χ2v) is 6.34. The van der Waals surface area contributed by atoms with Crippen molar-refractivity contribution in [3.8, 4) is 5.75 Å². The van der Waals surface area contributed by atoms with Crippen molar-refractivity contribution in [1.29, 1.82) is 0 Å². The Hall–Kier alpha value is -2.60. The zero-order chi connectivity index (χ0) is 18.6. The molecule has 1 amide bonds. The smallest absolute Gasteiger partial charge is 0.289 e. The number of amides is 1. The third-order valence-electron chi connectivity index (χ3n) is 3.66. The SMILES string of the molecule is Cc1cc(OCC(=O)Nc2ccc(Cl)c([N+](=O)[O-])c2)ccc1C(C)C. The normalized spacial score (nSPS) is 10.6. The van der Waals surface area contributed by atoms with Crippen LogP contribution in [-0.2, 0) is 4.79 Å². The maximum absolute atomic E-state index is 12.0. The van der Waals surface area contributed by atoms with Gasteiger partial charge in [-0.25, -0.2) is 0 Å². The van der Waals surface area contributed by atoms with Gasteiger partial charge < -0.3 is 10.1 Å². The standard InChI is InChI=1S/C18H19ClN2O4/c1-11(2)15-6-5-14(8-12(15)3)25-10-18(22)20-13-4-7-16(19)17(9-13)21(23)24/h4-9,11H,10H2,1-3H3,(H,20,22). The fraction of sp³-hybridized carbons (Fsp3) is 0.278. The van der Waals surface area contributed by atoms with Crippen LogP contribution in [0.15, 0.2) is 36.4 Å². The molecule has 0 atom stereocenters. The molecule has 0 heterocycles. The summed E-state index contributed by atoms with van der Waals surface area (Å²) in [6.45, 7) is 6.02. The molecule has 0 aliphatic rings. The molecule has 1 N–H and O–H groups in total. The van der Waals surface area contributed by atoms with Crippen molar-refractivity contribution in [3.63, 3.8) is 0 Å². The van der Waals surface area contributed by atoms with E-state index in [1.54, 1.807) is 0 Å². The van der Waals surface area contributed by atoms with Crippen LogP contribution in [-0.4, -0.2) is 17.4 Å². The van der Waals surface area contributed by atoms with E-state index in [0.29, 0.717) is 11.7 Å². The van der Waals surface area contributed by atoms with E-state index in [4.69, 9.17) is 16.3 Å². The van der Waals surface area contributed by atoms with Crippen LogP contribution in [0.2, 0.25) is 5.02 Å². The first-order valence-corrected chi connectivity index (χ1v) is 8.13. The average Bonchev–Trinajstić information content (AvgIpc) is 2.54. The highest BCUT2D eigenvalue weighted by atomic mass is 35.5. The minimum atomic E-state index is -0.604. The summed E-state index contributed by atoms with van der Waals surface area (Å²) < 4.78 is 5.49.